The first-order valence-electron chi connectivity index (χ1n) is 0.924. The van der Waals surface area contributed by atoms with E-state index in [1.54, 1.807) is 0 Å². The Kier molecular flexibility index (Phi) is 3.59. The van der Waals surface area contributed by atoms with Crippen molar-refractivity contribution in [3.8, 4) is 0 Å². The summed E-state index contributed by atoms with van der Waals surface area (Å²) in [6, 6.07) is 0. The van der Waals surface area contributed by atoms with Gasteiger partial charge in [-0.1, -0.05) is 0 Å². The molecule has 0 aliphatic heterocycles. The van der Waals surface area contributed by atoms with Crippen LogP contribution in [0.5, 0.6) is 0 Å². The number of hydrogen-bond donors (Lipinski definition) is 1. The van der Waals surface area contributed by atoms with E-state index in [9.17, 15) is 8.42 Å². The van der Waals surface area contributed by atoms with Gasteiger partial charge in [0.05, 0.1) is 6.26 Å². The molecule has 5 heteroatoms. The molecule has 0 aromatic carbocycles. The van der Waals surface area contributed by atoms with Gasteiger partial charge in [-0.05, 0) is 0 Å². The van der Waals surface area contributed by atoms with Crippen LogP contribution in [0.3, 0.4) is 0 Å². The molecule has 0 aliphatic carbocycles. The summed E-state index contributed by atoms with van der Waals surface area (Å²) in [4.78, 5) is 0. The van der Waals surface area contributed by atoms with Crippen LogP contribution in [-0.2, 0) is 10.1 Å². The second kappa shape index (κ2) is 2.29. The molecule has 3 nitrogen and oxygen atoms in total. The van der Waals surface area contributed by atoms with Crippen molar-refractivity contribution in [2.75, 3.05) is 6.26 Å². The van der Waals surface area contributed by atoms with Gasteiger partial charge >= 0.3 is 10.1 Å². The molecule has 0 bridgehead atoms. The van der Waals surface area contributed by atoms with Crippen molar-refractivity contribution in [2.45, 2.75) is 0 Å². The van der Waals surface area contributed by atoms with Crippen LogP contribution in [0.25, 0.3) is 0 Å². The fourth-order valence-corrected chi connectivity index (χ4v) is 0. The van der Waals surface area contributed by atoms with Crippen LogP contribution >= 0.6 is 0 Å². The third kappa shape index (κ3) is 6220. The molecule has 0 saturated carbocycles. The topological polar surface area (TPSA) is 54.4 Å². The molecule has 6 heavy (non-hydrogen) atoms. The average molecular weight is 107 g/mol. The van der Waals surface area contributed by atoms with Gasteiger partial charge in [-0.15, -0.1) is 0 Å². The van der Waals surface area contributed by atoms with E-state index in [4.69, 9.17) is 4.55 Å². The van der Waals surface area contributed by atoms with Crippen LogP contribution in [0, 0.1) is 0 Å². The molecule has 1 N–H and O–H groups in total. The fraction of sp³-hybridized carbons (Fsp3) is 1.00. The van der Waals surface area contributed by atoms with E-state index >= 15 is 0 Å². The molecule has 0 aliphatic rings. The Morgan fingerprint density at radius 2 is 1.50 bits per heavy atom. The van der Waals surface area contributed by atoms with Crippen molar-refractivity contribution < 1.29 is 13.0 Å². The van der Waals surface area contributed by atoms with Crippen molar-refractivity contribution in [3.63, 3.8) is 0 Å². The van der Waals surface area contributed by atoms with Gasteiger partial charge in [0, 0.05) is 0 Å². The zero-order valence-electron chi connectivity index (χ0n) is 2.67. The first kappa shape index (κ1) is 9.42. The molecule has 0 radical (unpaired) electrons. The van der Waals surface area contributed by atoms with E-state index in [0.717, 1.165) is 0 Å². The second-order valence-corrected chi connectivity index (χ2v) is 2.20. The van der Waals surface area contributed by atoms with E-state index in [1.165, 1.54) is 0 Å². The molecule has 0 amide bonds. The number of rotatable bonds is 0. The third-order valence-electron chi connectivity index (χ3n) is 0. The molecule has 0 spiro atoms. The minimum absolute atomic E-state index is 0. The third-order valence-corrected chi connectivity index (χ3v) is 0. The summed E-state index contributed by atoms with van der Waals surface area (Å²) in [5.74, 6) is 0. The summed E-state index contributed by atoms with van der Waals surface area (Å²) in [5.41, 5.74) is 0. The van der Waals surface area contributed by atoms with Gasteiger partial charge in [0.1, 0.15) is 0 Å². The SMILES string of the molecule is CS(=O)(=O)O.[BeH2]. The predicted molar refractivity (Wildman–Crippen MR) is 26.0 cm³/mol. The van der Waals surface area contributed by atoms with Gasteiger partial charge in [0.25, 0.3) is 10.1 Å². The fourth-order valence-electron chi connectivity index (χ4n) is 0. The maximum atomic E-state index is 9.19. The van der Waals surface area contributed by atoms with Crippen molar-refractivity contribution in [2.24, 2.45) is 0 Å². The first-order valence-corrected chi connectivity index (χ1v) is 2.77. The Balaban J connectivity index is 0. The van der Waals surface area contributed by atoms with E-state index in [0.29, 0.717) is 6.26 Å². The number of hydrogen-bond acceptors (Lipinski definition) is 2. The van der Waals surface area contributed by atoms with Crippen LogP contribution in [0.4, 0.5) is 0 Å². The Morgan fingerprint density at radius 1 is 1.50 bits per heavy atom. The second-order valence-electron chi connectivity index (χ2n) is 0.733. The Morgan fingerprint density at radius 3 is 1.50 bits per heavy atom. The van der Waals surface area contributed by atoms with E-state index in [2.05, 4.69) is 0 Å². The van der Waals surface area contributed by atoms with Crippen LogP contribution in [-0.4, -0.2) is 29.3 Å². The molecular weight excluding hydrogens is 101 g/mol. The zero-order valence-corrected chi connectivity index (χ0v) is 3.49. The summed E-state index contributed by atoms with van der Waals surface area (Å²) in [5, 5.41) is 0. The van der Waals surface area contributed by atoms with E-state index < -0.39 is 10.1 Å². The van der Waals surface area contributed by atoms with Gasteiger partial charge in [-0.2, -0.15) is 8.42 Å². The van der Waals surface area contributed by atoms with Crippen LogP contribution in [0.2, 0.25) is 0 Å². The Bertz CT molecular complexity index is 94.0. The Labute approximate surface area is 40.3 Å². The maximum absolute atomic E-state index is 9.19. The zero-order chi connectivity index (χ0) is 4.50. The summed E-state index contributed by atoms with van der Waals surface area (Å²) >= 11 is 0. The van der Waals surface area contributed by atoms with Crippen LogP contribution in [0.1, 0.15) is 0 Å². The predicted octanol–water partition coefficient (Wildman–Crippen LogP) is -1.41. The molecule has 0 aromatic rings. The summed E-state index contributed by atoms with van der Waals surface area (Å²) < 4.78 is 25.9. The molecule has 0 saturated heterocycles. The molecule has 0 unspecified atom stereocenters. The molecule has 0 fully saturated rings. The van der Waals surface area contributed by atoms with E-state index in [-0.39, 0.29) is 10.1 Å². The van der Waals surface area contributed by atoms with Crippen LogP contribution in [0.15, 0.2) is 0 Å². The molecule has 0 atom stereocenters. The molecule has 0 aromatic heterocycles. The first-order chi connectivity index (χ1) is 2.00. The molecular formula is CH6BeO3S. The van der Waals surface area contributed by atoms with Gasteiger partial charge in [-0.3, -0.25) is 4.55 Å². The monoisotopic (exact) mass is 107 g/mol. The van der Waals surface area contributed by atoms with Gasteiger partial charge in [0.15, 0.2) is 0 Å². The molecule has 36 valence electrons. The normalized spacial score (nSPS) is 9.67. The Hall–Kier alpha value is 0.0788. The summed E-state index contributed by atoms with van der Waals surface area (Å²) in [7, 11) is -3.67. The van der Waals surface area contributed by atoms with E-state index in [1.807, 2.05) is 0 Å². The average Bonchev–Trinajstić information content (AvgIpc) is 0.722. The molecule has 0 rings (SSSR count). The van der Waals surface area contributed by atoms with Crippen molar-refractivity contribution in [3.05, 3.63) is 0 Å². The molecule has 0 heterocycles. The van der Waals surface area contributed by atoms with Crippen molar-refractivity contribution in [1.82, 2.24) is 0 Å². The van der Waals surface area contributed by atoms with Crippen molar-refractivity contribution in [1.29, 1.82) is 0 Å². The minimum atomic E-state index is -3.67. The quantitative estimate of drug-likeness (QED) is 0.305. The van der Waals surface area contributed by atoms with Gasteiger partial charge in [0.2, 0.25) is 0 Å². The van der Waals surface area contributed by atoms with Crippen LogP contribution < -0.4 is 0 Å². The van der Waals surface area contributed by atoms with Gasteiger partial charge in [-0.25, -0.2) is 0 Å². The standard InChI is InChI=1S/CH4O3S.Be.2H/c1-5(2,3)4;;;/h1H3,(H,2,3,4);;;. The van der Waals surface area contributed by atoms with Crippen molar-refractivity contribution >= 4 is 20.2 Å². The summed E-state index contributed by atoms with van der Waals surface area (Å²) in [6.45, 7) is 0. The van der Waals surface area contributed by atoms with Gasteiger partial charge < -0.3 is 0 Å². The summed E-state index contributed by atoms with van der Waals surface area (Å²) in [6.07, 6.45) is 0.715.